The Morgan fingerprint density at radius 1 is 0.745 bits per heavy atom. The third-order valence-electron chi connectivity index (χ3n) is 9.10. The highest BCUT2D eigenvalue weighted by Crippen LogP contribution is 2.33. The quantitative estimate of drug-likeness (QED) is 0.0955. The van der Waals surface area contributed by atoms with Gasteiger partial charge in [0, 0.05) is 20.4 Å². The molecular formula is C32H45F3N4O16. The molecule has 0 bridgehead atoms. The van der Waals surface area contributed by atoms with Crippen molar-refractivity contribution in [2.24, 2.45) is 0 Å². The van der Waals surface area contributed by atoms with Crippen LogP contribution in [-0.4, -0.2) is 171 Å². The molecule has 310 valence electrons. The van der Waals surface area contributed by atoms with Gasteiger partial charge in [-0.1, -0.05) is 30.3 Å². The fraction of sp³-hybridized carbons (Fsp3) is 0.688. The topological polar surface area (TPSA) is 304 Å². The van der Waals surface area contributed by atoms with Crippen LogP contribution in [-0.2, 0) is 44.7 Å². The molecule has 2 saturated heterocycles. The lowest BCUT2D eigenvalue weighted by Gasteiger charge is -2.49. The van der Waals surface area contributed by atoms with Crippen molar-refractivity contribution in [2.45, 2.75) is 125 Å². The number of aliphatic hydroxyl groups is 7. The Labute approximate surface area is 310 Å². The predicted molar refractivity (Wildman–Crippen MR) is 173 cm³/mol. The Morgan fingerprint density at radius 2 is 1.29 bits per heavy atom. The van der Waals surface area contributed by atoms with Crippen molar-refractivity contribution in [1.29, 1.82) is 0 Å². The van der Waals surface area contributed by atoms with Crippen LogP contribution in [0.3, 0.4) is 0 Å². The molecule has 0 radical (unpaired) electrons. The largest absolute Gasteiger partial charge is 0.471 e. The molecule has 2 heterocycles. The molecule has 2 aliphatic heterocycles. The van der Waals surface area contributed by atoms with Gasteiger partial charge in [-0.2, -0.15) is 13.2 Å². The van der Waals surface area contributed by atoms with Gasteiger partial charge in [-0.15, -0.1) is 0 Å². The first-order valence-corrected chi connectivity index (χ1v) is 17.0. The first kappa shape index (κ1) is 44.0. The first-order chi connectivity index (χ1) is 25.8. The van der Waals surface area contributed by atoms with Gasteiger partial charge in [-0.25, -0.2) is 4.79 Å². The molecule has 20 nitrogen and oxygen atoms in total. The number of ether oxygens (including phenoxy) is 5. The van der Waals surface area contributed by atoms with Crippen molar-refractivity contribution in [2.75, 3.05) is 13.2 Å². The number of carbonyl (C=O) groups is 4. The van der Waals surface area contributed by atoms with Crippen LogP contribution in [0.1, 0.15) is 25.8 Å². The number of benzene rings is 1. The van der Waals surface area contributed by atoms with Crippen molar-refractivity contribution in [1.82, 2.24) is 21.3 Å². The fourth-order valence-corrected chi connectivity index (χ4v) is 6.43. The summed E-state index contributed by atoms with van der Waals surface area (Å²) in [6.07, 6.45) is -29.5. The standard InChI is InChI=1S/C32H45F3N4O16/c1-12(41)37-15-8-16(38-13(2)42)27(25(48)26(15)54-28-22(45)19(20(43)18(10-40)53-28)39-30(49)32(33,34)35)55-29-24(47)23(46)21(44)17(52-29)9-36-31(50)51-11-14-6-4-3-5-7-14/h3-7,15-29,40,43-48H,8-11H2,1-2H3,(H,36,50)(H,37,41)(H,38,42)(H,39,49)/t15-,16?,17?,18?,19-,20-,21-,22?,23+,24?,25?,26-,27-,28-,29-/m1/s1. The minimum Gasteiger partial charge on any atom is -0.445 e. The molecule has 1 aliphatic carbocycles. The van der Waals surface area contributed by atoms with E-state index in [1.807, 2.05) is 0 Å². The van der Waals surface area contributed by atoms with E-state index in [1.54, 1.807) is 30.3 Å². The molecule has 23 heteroatoms. The zero-order chi connectivity index (χ0) is 40.8. The van der Waals surface area contributed by atoms with Crippen LogP contribution >= 0.6 is 0 Å². The number of amides is 4. The smallest absolute Gasteiger partial charge is 0.445 e. The van der Waals surface area contributed by atoms with Gasteiger partial charge in [0.1, 0.15) is 67.6 Å². The van der Waals surface area contributed by atoms with E-state index < -0.39 is 135 Å². The third kappa shape index (κ3) is 11.2. The molecule has 3 aliphatic rings. The van der Waals surface area contributed by atoms with E-state index in [0.717, 1.165) is 13.8 Å². The van der Waals surface area contributed by atoms with Crippen LogP contribution in [0, 0.1) is 0 Å². The van der Waals surface area contributed by atoms with Crippen molar-refractivity contribution < 1.29 is 91.8 Å². The molecule has 11 N–H and O–H groups in total. The van der Waals surface area contributed by atoms with Crippen LogP contribution in [0.15, 0.2) is 30.3 Å². The number of hydrogen-bond acceptors (Lipinski definition) is 16. The van der Waals surface area contributed by atoms with Gasteiger partial charge in [-0.05, 0) is 12.0 Å². The van der Waals surface area contributed by atoms with Crippen LogP contribution in [0.4, 0.5) is 18.0 Å². The van der Waals surface area contributed by atoms with Gasteiger partial charge in [0.2, 0.25) is 11.8 Å². The number of alkyl halides is 3. The normalized spacial score (nSPS) is 36.6. The Morgan fingerprint density at radius 3 is 1.82 bits per heavy atom. The van der Waals surface area contributed by atoms with Gasteiger partial charge in [0.15, 0.2) is 12.6 Å². The lowest BCUT2D eigenvalue weighted by molar-refractivity contribution is -0.334. The van der Waals surface area contributed by atoms with Crippen molar-refractivity contribution in [3.8, 4) is 0 Å². The number of nitrogens with one attached hydrogen (secondary N) is 4. The molecular weight excluding hydrogens is 753 g/mol. The minimum absolute atomic E-state index is 0.104. The number of rotatable bonds is 12. The van der Waals surface area contributed by atoms with Crippen LogP contribution in [0.5, 0.6) is 0 Å². The number of carbonyl (C=O) groups excluding carboxylic acids is 4. The average molecular weight is 799 g/mol. The molecule has 4 rings (SSSR count). The molecule has 0 spiro atoms. The lowest BCUT2D eigenvalue weighted by Crippen LogP contribution is -2.70. The van der Waals surface area contributed by atoms with E-state index in [4.69, 9.17) is 23.7 Å². The zero-order valence-electron chi connectivity index (χ0n) is 29.3. The molecule has 1 aromatic carbocycles. The number of alkyl carbamates (subject to hydrolysis) is 1. The predicted octanol–water partition coefficient (Wildman–Crippen LogP) is -4.25. The van der Waals surface area contributed by atoms with E-state index >= 15 is 0 Å². The van der Waals surface area contributed by atoms with E-state index in [2.05, 4.69) is 16.0 Å². The summed E-state index contributed by atoms with van der Waals surface area (Å²) < 4.78 is 67.1. The van der Waals surface area contributed by atoms with E-state index in [0.29, 0.717) is 5.56 Å². The third-order valence-corrected chi connectivity index (χ3v) is 9.10. The van der Waals surface area contributed by atoms with Crippen LogP contribution in [0.25, 0.3) is 0 Å². The summed E-state index contributed by atoms with van der Waals surface area (Å²) in [5.74, 6) is -3.92. The minimum atomic E-state index is -5.45. The lowest BCUT2D eigenvalue weighted by atomic mass is 9.83. The van der Waals surface area contributed by atoms with Crippen molar-refractivity contribution >= 4 is 23.8 Å². The Kier molecular flexibility index (Phi) is 15.1. The highest BCUT2D eigenvalue weighted by molar-refractivity contribution is 5.82. The van der Waals surface area contributed by atoms with Gasteiger partial charge < -0.3 is 80.7 Å². The number of aliphatic hydroxyl groups excluding tert-OH is 7. The highest BCUT2D eigenvalue weighted by atomic mass is 19.4. The summed E-state index contributed by atoms with van der Waals surface area (Å²) in [5.41, 5.74) is 0.671. The zero-order valence-corrected chi connectivity index (χ0v) is 29.3. The Hall–Kier alpha value is -3.75. The van der Waals surface area contributed by atoms with Gasteiger partial charge >= 0.3 is 18.2 Å². The second-order valence-electron chi connectivity index (χ2n) is 13.2. The average Bonchev–Trinajstić information content (AvgIpc) is 3.12. The maximum absolute atomic E-state index is 13.1. The van der Waals surface area contributed by atoms with Crippen molar-refractivity contribution in [3.63, 3.8) is 0 Å². The molecule has 6 unspecified atom stereocenters. The number of halogens is 3. The Balaban J connectivity index is 1.55. The first-order valence-electron chi connectivity index (χ1n) is 17.0. The SMILES string of the molecule is CC(=O)NC1C[C@@H](NC(C)=O)[C@@H](O[C@H]2OC(CO)[C@@H](O)[C@@H](NC(=O)C(F)(F)F)C2O)C(O)[C@@H]1O[C@H]1OC(CNC(=O)OCc2ccccc2)[C@@H](O)[C@H](O)C1O. The maximum Gasteiger partial charge on any atom is 0.471 e. The summed E-state index contributed by atoms with van der Waals surface area (Å²) in [4.78, 5) is 48.5. The van der Waals surface area contributed by atoms with E-state index in [-0.39, 0.29) is 13.0 Å². The number of hydrogen-bond donors (Lipinski definition) is 11. The summed E-state index contributed by atoms with van der Waals surface area (Å²) in [5, 5.41) is 83.7. The van der Waals surface area contributed by atoms with E-state index in [1.165, 1.54) is 5.32 Å². The molecule has 55 heavy (non-hydrogen) atoms. The molecule has 1 aromatic rings. The monoisotopic (exact) mass is 798 g/mol. The van der Waals surface area contributed by atoms with Gasteiger partial charge in [-0.3, -0.25) is 14.4 Å². The van der Waals surface area contributed by atoms with Gasteiger partial charge in [0.05, 0.1) is 24.7 Å². The summed E-state index contributed by atoms with van der Waals surface area (Å²) in [6.45, 7) is 0.547. The van der Waals surface area contributed by atoms with Gasteiger partial charge in [0.25, 0.3) is 0 Å². The van der Waals surface area contributed by atoms with Crippen molar-refractivity contribution in [3.05, 3.63) is 35.9 Å². The second kappa shape index (κ2) is 18.9. The fourth-order valence-electron chi connectivity index (χ4n) is 6.43. The van der Waals surface area contributed by atoms with E-state index in [9.17, 15) is 68.1 Å². The molecule has 0 aromatic heterocycles. The maximum atomic E-state index is 13.1. The summed E-state index contributed by atoms with van der Waals surface area (Å²) in [7, 11) is 0. The molecule has 15 atom stereocenters. The summed E-state index contributed by atoms with van der Waals surface area (Å²) in [6, 6.07) is 3.98. The molecule has 1 saturated carbocycles. The molecule has 4 amide bonds. The highest BCUT2D eigenvalue weighted by Gasteiger charge is 2.54. The van der Waals surface area contributed by atoms with Crippen LogP contribution < -0.4 is 21.3 Å². The summed E-state index contributed by atoms with van der Waals surface area (Å²) >= 11 is 0. The Bertz CT molecular complexity index is 1470. The second-order valence-corrected chi connectivity index (χ2v) is 13.2. The molecule has 3 fully saturated rings. The van der Waals surface area contributed by atoms with Crippen LogP contribution in [0.2, 0.25) is 0 Å².